The molecule has 0 saturated heterocycles. The van der Waals surface area contributed by atoms with Crippen LogP contribution in [0, 0.1) is 6.92 Å². The maximum atomic E-state index is 6.59. The molecule has 0 aliphatic heterocycles. The van der Waals surface area contributed by atoms with Crippen LogP contribution >= 0.6 is 0 Å². The van der Waals surface area contributed by atoms with Gasteiger partial charge in [0.1, 0.15) is 0 Å². The number of hydrogen-bond acceptors (Lipinski definition) is 1. The molecule has 0 amide bonds. The van der Waals surface area contributed by atoms with Crippen molar-refractivity contribution in [2.75, 3.05) is 0 Å². The van der Waals surface area contributed by atoms with E-state index >= 15 is 0 Å². The molecule has 0 aliphatic rings. The summed E-state index contributed by atoms with van der Waals surface area (Å²) in [5, 5.41) is 0. The van der Waals surface area contributed by atoms with Gasteiger partial charge in [-0.25, -0.2) is 0 Å². The fraction of sp³-hybridized carbons (Fsp3) is 0.333. The number of nitrogens with two attached hydrogens (primary N) is 1. The highest BCUT2D eigenvalue weighted by atomic mass is 14.7. The second-order valence-corrected chi connectivity index (χ2v) is 5.79. The highest BCUT2D eigenvalue weighted by molar-refractivity contribution is 5.42. The van der Waals surface area contributed by atoms with Crippen LogP contribution in [0.4, 0.5) is 0 Å². The third-order valence-corrected chi connectivity index (χ3v) is 3.88. The van der Waals surface area contributed by atoms with Crippen molar-refractivity contribution in [2.45, 2.75) is 39.2 Å². The molecule has 0 radical (unpaired) electrons. The second kappa shape index (κ2) is 5.18. The molecule has 1 heteroatoms. The van der Waals surface area contributed by atoms with Gasteiger partial charge in [-0.2, -0.15) is 0 Å². The van der Waals surface area contributed by atoms with E-state index in [0.29, 0.717) is 5.92 Å². The highest BCUT2D eigenvalue weighted by Gasteiger charge is 2.25. The Morgan fingerprint density at radius 3 is 2.05 bits per heavy atom. The summed E-state index contributed by atoms with van der Waals surface area (Å²) >= 11 is 0. The van der Waals surface area contributed by atoms with E-state index in [1.807, 2.05) is 0 Å². The van der Waals surface area contributed by atoms with Crippen LogP contribution in [-0.2, 0) is 5.54 Å². The van der Waals surface area contributed by atoms with Crippen molar-refractivity contribution < 1.29 is 0 Å². The van der Waals surface area contributed by atoms with Gasteiger partial charge in [-0.1, -0.05) is 62.4 Å². The van der Waals surface area contributed by atoms with Crippen LogP contribution in [0.1, 0.15) is 48.9 Å². The third kappa shape index (κ3) is 2.71. The first-order valence-electron chi connectivity index (χ1n) is 6.88. The Hall–Kier alpha value is -1.60. The Labute approximate surface area is 116 Å². The Bertz CT molecular complexity index is 550. The lowest BCUT2D eigenvalue weighted by molar-refractivity contribution is 0.598. The monoisotopic (exact) mass is 253 g/mol. The van der Waals surface area contributed by atoms with Gasteiger partial charge in [0, 0.05) is 0 Å². The zero-order valence-electron chi connectivity index (χ0n) is 12.3. The molecule has 19 heavy (non-hydrogen) atoms. The number of rotatable bonds is 3. The number of hydrogen-bond donors (Lipinski definition) is 1. The zero-order valence-corrected chi connectivity index (χ0v) is 12.3. The minimum Gasteiger partial charge on any atom is -0.318 e. The van der Waals surface area contributed by atoms with Crippen LogP contribution < -0.4 is 5.73 Å². The molecule has 100 valence electrons. The van der Waals surface area contributed by atoms with Crippen molar-refractivity contribution in [3.05, 3.63) is 70.8 Å². The Kier molecular flexibility index (Phi) is 3.77. The minimum atomic E-state index is -0.444. The fourth-order valence-electron chi connectivity index (χ4n) is 2.53. The normalized spacial score (nSPS) is 14.4. The predicted molar refractivity (Wildman–Crippen MR) is 82.4 cm³/mol. The Morgan fingerprint density at radius 1 is 0.947 bits per heavy atom. The lowest BCUT2D eigenvalue weighted by Gasteiger charge is -2.28. The van der Waals surface area contributed by atoms with E-state index in [4.69, 9.17) is 5.73 Å². The molecular formula is C18H23N. The summed E-state index contributed by atoms with van der Waals surface area (Å²) in [5.41, 5.74) is 11.1. The van der Waals surface area contributed by atoms with Gasteiger partial charge in [-0.15, -0.1) is 0 Å². The summed E-state index contributed by atoms with van der Waals surface area (Å²) in [5.74, 6) is 0.552. The standard InChI is InChI=1S/C18H23N/c1-13(2)15-9-11-16(12-10-15)18(4,19)17-8-6-5-7-14(17)3/h5-13H,19H2,1-4H3. The third-order valence-electron chi connectivity index (χ3n) is 3.88. The van der Waals surface area contributed by atoms with Gasteiger partial charge in [0.15, 0.2) is 0 Å². The van der Waals surface area contributed by atoms with E-state index in [0.717, 1.165) is 5.56 Å². The average molecular weight is 253 g/mol. The fourth-order valence-corrected chi connectivity index (χ4v) is 2.53. The molecule has 0 aromatic heterocycles. The minimum absolute atomic E-state index is 0.444. The van der Waals surface area contributed by atoms with E-state index in [9.17, 15) is 0 Å². The first-order valence-corrected chi connectivity index (χ1v) is 6.88. The van der Waals surface area contributed by atoms with Crippen molar-refractivity contribution in [3.63, 3.8) is 0 Å². The largest absolute Gasteiger partial charge is 0.318 e. The molecule has 0 bridgehead atoms. The van der Waals surface area contributed by atoms with E-state index in [2.05, 4.69) is 76.2 Å². The Balaban J connectivity index is 2.42. The van der Waals surface area contributed by atoms with Crippen molar-refractivity contribution in [2.24, 2.45) is 5.73 Å². The summed E-state index contributed by atoms with van der Waals surface area (Å²) < 4.78 is 0. The maximum Gasteiger partial charge on any atom is 0.0639 e. The number of benzene rings is 2. The molecule has 0 saturated carbocycles. The van der Waals surface area contributed by atoms with Crippen LogP contribution in [0.2, 0.25) is 0 Å². The molecule has 1 atom stereocenters. The summed E-state index contributed by atoms with van der Waals surface area (Å²) in [6.07, 6.45) is 0. The first kappa shape index (κ1) is 13.8. The molecule has 2 rings (SSSR count). The van der Waals surface area contributed by atoms with Crippen LogP contribution in [0.15, 0.2) is 48.5 Å². The van der Waals surface area contributed by atoms with Crippen molar-refractivity contribution >= 4 is 0 Å². The van der Waals surface area contributed by atoms with E-state index in [-0.39, 0.29) is 0 Å². The van der Waals surface area contributed by atoms with E-state index < -0.39 is 5.54 Å². The van der Waals surface area contributed by atoms with Crippen molar-refractivity contribution in [3.8, 4) is 0 Å². The molecule has 0 spiro atoms. The molecule has 0 aliphatic carbocycles. The molecule has 0 heterocycles. The lowest BCUT2D eigenvalue weighted by atomic mass is 9.82. The van der Waals surface area contributed by atoms with Gasteiger partial charge in [-0.3, -0.25) is 0 Å². The van der Waals surface area contributed by atoms with Crippen LogP contribution in [0.25, 0.3) is 0 Å². The van der Waals surface area contributed by atoms with Gasteiger partial charge in [0.25, 0.3) is 0 Å². The van der Waals surface area contributed by atoms with Gasteiger partial charge in [-0.05, 0) is 42.0 Å². The van der Waals surface area contributed by atoms with Gasteiger partial charge in [0.2, 0.25) is 0 Å². The summed E-state index contributed by atoms with van der Waals surface area (Å²) in [6, 6.07) is 17.0. The summed E-state index contributed by atoms with van der Waals surface area (Å²) in [6.45, 7) is 8.61. The predicted octanol–water partition coefficient (Wildman–Crippen LogP) is 4.34. The zero-order chi connectivity index (χ0) is 14.0. The molecule has 2 aromatic rings. The molecule has 1 nitrogen and oxygen atoms in total. The lowest BCUT2D eigenvalue weighted by Crippen LogP contribution is -2.35. The molecule has 2 N–H and O–H groups in total. The number of aryl methyl sites for hydroxylation is 1. The smallest absolute Gasteiger partial charge is 0.0639 e. The van der Waals surface area contributed by atoms with Crippen LogP contribution in [0.5, 0.6) is 0 Å². The van der Waals surface area contributed by atoms with Gasteiger partial charge >= 0.3 is 0 Å². The van der Waals surface area contributed by atoms with Crippen molar-refractivity contribution in [1.82, 2.24) is 0 Å². The topological polar surface area (TPSA) is 26.0 Å². The van der Waals surface area contributed by atoms with Crippen LogP contribution in [-0.4, -0.2) is 0 Å². The molecule has 0 fully saturated rings. The Morgan fingerprint density at radius 2 is 1.53 bits per heavy atom. The average Bonchev–Trinajstić information content (AvgIpc) is 2.39. The second-order valence-electron chi connectivity index (χ2n) is 5.79. The molecule has 2 aromatic carbocycles. The molecule has 1 unspecified atom stereocenters. The SMILES string of the molecule is Cc1ccccc1C(C)(N)c1ccc(C(C)C)cc1. The van der Waals surface area contributed by atoms with Crippen molar-refractivity contribution in [1.29, 1.82) is 0 Å². The van der Waals surface area contributed by atoms with Gasteiger partial charge < -0.3 is 5.73 Å². The first-order chi connectivity index (χ1) is 8.93. The summed E-state index contributed by atoms with van der Waals surface area (Å²) in [4.78, 5) is 0. The van der Waals surface area contributed by atoms with Gasteiger partial charge in [0.05, 0.1) is 5.54 Å². The van der Waals surface area contributed by atoms with Crippen LogP contribution in [0.3, 0.4) is 0 Å². The molecular weight excluding hydrogens is 230 g/mol. The maximum absolute atomic E-state index is 6.59. The summed E-state index contributed by atoms with van der Waals surface area (Å²) in [7, 11) is 0. The highest BCUT2D eigenvalue weighted by Crippen LogP contribution is 2.29. The van der Waals surface area contributed by atoms with E-state index in [1.165, 1.54) is 16.7 Å². The quantitative estimate of drug-likeness (QED) is 0.865. The van der Waals surface area contributed by atoms with E-state index in [1.54, 1.807) is 0 Å².